The SMILES string of the molecule is CN(CCc1cc[nH]c1)CCC1CCNCC1. The molecule has 3 heteroatoms. The largest absolute Gasteiger partial charge is 0.367 e. The van der Waals surface area contributed by atoms with Gasteiger partial charge < -0.3 is 15.2 Å². The average Bonchev–Trinajstić information content (AvgIpc) is 2.88. The van der Waals surface area contributed by atoms with E-state index in [1.54, 1.807) is 0 Å². The molecular weight excluding hydrogens is 210 g/mol. The van der Waals surface area contributed by atoms with Crippen molar-refractivity contribution in [2.75, 3.05) is 33.2 Å². The highest BCUT2D eigenvalue weighted by molar-refractivity contribution is 5.08. The van der Waals surface area contributed by atoms with Crippen LogP contribution in [0.5, 0.6) is 0 Å². The molecule has 0 radical (unpaired) electrons. The van der Waals surface area contributed by atoms with E-state index in [0.717, 1.165) is 12.3 Å². The minimum Gasteiger partial charge on any atom is -0.367 e. The second-order valence-electron chi connectivity index (χ2n) is 5.25. The molecule has 96 valence electrons. The Balaban J connectivity index is 1.58. The van der Waals surface area contributed by atoms with E-state index in [9.17, 15) is 0 Å². The first-order valence-corrected chi connectivity index (χ1v) is 6.85. The molecule has 1 fully saturated rings. The Labute approximate surface area is 105 Å². The molecule has 0 aliphatic carbocycles. The summed E-state index contributed by atoms with van der Waals surface area (Å²) in [5.41, 5.74) is 1.42. The number of aromatic amines is 1. The van der Waals surface area contributed by atoms with Gasteiger partial charge in [0.2, 0.25) is 0 Å². The second-order valence-corrected chi connectivity index (χ2v) is 5.25. The molecule has 0 atom stereocenters. The van der Waals surface area contributed by atoms with Gasteiger partial charge in [0.25, 0.3) is 0 Å². The van der Waals surface area contributed by atoms with Gasteiger partial charge in [-0.15, -0.1) is 0 Å². The zero-order valence-corrected chi connectivity index (χ0v) is 10.9. The lowest BCUT2D eigenvalue weighted by Gasteiger charge is -2.25. The van der Waals surface area contributed by atoms with E-state index in [0.29, 0.717) is 0 Å². The Morgan fingerprint density at radius 3 is 2.82 bits per heavy atom. The van der Waals surface area contributed by atoms with Crippen molar-refractivity contribution in [3.05, 3.63) is 24.0 Å². The molecule has 17 heavy (non-hydrogen) atoms. The van der Waals surface area contributed by atoms with Gasteiger partial charge in [-0.2, -0.15) is 0 Å². The Hall–Kier alpha value is -0.800. The smallest absolute Gasteiger partial charge is 0.00378 e. The quantitative estimate of drug-likeness (QED) is 0.789. The summed E-state index contributed by atoms with van der Waals surface area (Å²) in [5, 5.41) is 3.43. The maximum Gasteiger partial charge on any atom is 0.00378 e. The molecule has 2 N–H and O–H groups in total. The highest BCUT2D eigenvalue weighted by Gasteiger charge is 2.13. The average molecular weight is 235 g/mol. The molecule has 1 aliphatic rings. The summed E-state index contributed by atoms with van der Waals surface area (Å²) in [6.07, 6.45) is 9.36. The molecular formula is C14H25N3. The van der Waals surface area contributed by atoms with E-state index in [4.69, 9.17) is 0 Å². The highest BCUT2D eigenvalue weighted by Crippen LogP contribution is 2.15. The third kappa shape index (κ3) is 4.52. The van der Waals surface area contributed by atoms with Crippen LogP contribution in [0.3, 0.4) is 0 Å². The number of aromatic nitrogens is 1. The molecule has 2 rings (SSSR count). The summed E-state index contributed by atoms with van der Waals surface area (Å²) in [6.45, 7) is 4.85. The van der Waals surface area contributed by atoms with Gasteiger partial charge in [-0.3, -0.25) is 0 Å². The standard InChI is InChI=1S/C14H25N3/c1-17(11-6-14-4-9-16-12-14)10-5-13-2-7-15-8-3-13/h4,9,12-13,15-16H,2-3,5-8,10-11H2,1H3. The van der Waals surface area contributed by atoms with Crippen molar-refractivity contribution in [3.63, 3.8) is 0 Å². The Morgan fingerprint density at radius 1 is 1.29 bits per heavy atom. The maximum absolute atomic E-state index is 3.43. The van der Waals surface area contributed by atoms with Crippen LogP contribution < -0.4 is 5.32 Å². The number of hydrogen-bond donors (Lipinski definition) is 2. The van der Waals surface area contributed by atoms with Crippen molar-refractivity contribution in [2.24, 2.45) is 5.92 Å². The zero-order chi connectivity index (χ0) is 11.9. The molecule has 0 bridgehead atoms. The predicted octanol–water partition coefficient (Wildman–Crippen LogP) is 1.88. The van der Waals surface area contributed by atoms with Crippen LogP contribution >= 0.6 is 0 Å². The second kappa shape index (κ2) is 6.82. The maximum atomic E-state index is 3.43. The number of nitrogens with one attached hydrogen (secondary N) is 2. The summed E-state index contributed by atoms with van der Waals surface area (Å²) >= 11 is 0. The molecule has 1 saturated heterocycles. The molecule has 0 saturated carbocycles. The number of piperidine rings is 1. The van der Waals surface area contributed by atoms with Crippen LogP contribution in [0.25, 0.3) is 0 Å². The summed E-state index contributed by atoms with van der Waals surface area (Å²) in [6, 6.07) is 2.17. The van der Waals surface area contributed by atoms with Crippen LogP contribution in [0.1, 0.15) is 24.8 Å². The topological polar surface area (TPSA) is 31.1 Å². The highest BCUT2D eigenvalue weighted by atomic mass is 15.1. The molecule has 0 unspecified atom stereocenters. The van der Waals surface area contributed by atoms with Gasteiger partial charge in [0.1, 0.15) is 0 Å². The van der Waals surface area contributed by atoms with Crippen LogP contribution in [0, 0.1) is 5.92 Å². The van der Waals surface area contributed by atoms with Crippen LogP contribution in [0.2, 0.25) is 0 Å². The summed E-state index contributed by atoms with van der Waals surface area (Å²) < 4.78 is 0. The molecule has 1 aromatic rings. The molecule has 1 aromatic heterocycles. The predicted molar refractivity (Wildman–Crippen MR) is 72.2 cm³/mol. The first-order valence-electron chi connectivity index (χ1n) is 6.85. The monoisotopic (exact) mass is 235 g/mol. The molecule has 1 aliphatic heterocycles. The Bertz CT molecular complexity index is 288. The summed E-state index contributed by atoms with van der Waals surface area (Å²) in [4.78, 5) is 5.58. The van der Waals surface area contributed by atoms with Crippen molar-refractivity contribution in [1.29, 1.82) is 0 Å². The van der Waals surface area contributed by atoms with Gasteiger partial charge in [-0.25, -0.2) is 0 Å². The normalized spacial score (nSPS) is 17.8. The fraction of sp³-hybridized carbons (Fsp3) is 0.714. The lowest BCUT2D eigenvalue weighted by atomic mass is 9.94. The zero-order valence-electron chi connectivity index (χ0n) is 10.9. The number of rotatable bonds is 6. The summed E-state index contributed by atoms with van der Waals surface area (Å²) in [7, 11) is 2.24. The molecule has 0 aromatic carbocycles. The van der Waals surface area contributed by atoms with Gasteiger partial charge in [0, 0.05) is 18.9 Å². The van der Waals surface area contributed by atoms with Crippen molar-refractivity contribution in [1.82, 2.24) is 15.2 Å². The third-order valence-corrected chi connectivity index (χ3v) is 3.82. The van der Waals surface area contributed by atoms with Gasteiger partial charge in [-0.1, -0.05) is 0 Å². The van der Waals surface area contributed by atoms with Crippen molar-refractivity contribution in [3.8, 4) is 0 Å². The van der Waals surface area contributed by atoms with E-state index in [2.05, 4.69) is 34.5 Å². The molecule has 0 spiro atoms. The van der Waals surface area contributed by atoms with Crippen molar-refractivity contribution >= 4 is 0 Å². The van der Waals surface area contributed by atoms with E-state index >= 15 is 0 Å². The first kappa shape index (κ1) is 12.7. The van der Waals surface area contributed by atoms with Gasteiger partial charge in [0.15, 0.2) is 0 Å². The van der Waals surface area contributed by atoms with Gasteiger partial charge in [-0.05, 0) is 69.9 Å². The van der Waals surface area contributed by atoms with E-state index in [-0.39, 0.29) is 0 Å². The molecule has 0 amide bonds. The first-order chi connectivity index (χ1) is 8.34. The van der Waals surface area contributed by atoms with Crippen LogP contribution in [-0.2, 0) is 6.42 Å². The number of hydrogen-bond acceptors (Lipinski definition) is 2. The van der Waals surface area contributed by atoms with Crippen molar-refractivity contribution < 1.29 is 0 Å². The minimum absolute atomic E-state index is 0.950. The van der Waals surface area contributed by atoms with Crippen molar-refractivity contribution in [2.45, 2.75) is 25.7 Å². The van der Waals surface area contributed by atoms with E-state index < -0.39 is 0 Å². The Morgan fingerprint density at radius 2 is 2.12 bits per heavy atom. The third-order valence-electron chi connectivity index (χ3n) is 3.82. The van der Waals surface area contributed by atoms with Crippen LogP contribution in [-0.4, -0.2) is 43.1 Å². The lowest BCUT2D eigenvalue weighted by molar-refractivity contribution is 0.273. The summed E-state index contributed by atoms with van der Waals surface area (Å²) in [5.74, 6) is 0.950. The van der Waals surface area contributed by atoms with Crippen LogP contribution in [0.15, 0.2) is 18.5 Å². The molecule has 2 heterocycles. The molecule has 3 nitrogen and oxygen atoms in total. The Kier molecular flexibility index (Phi) is 5.08. The fourth-order valence-electron chi connectivity index (χ4n) is 2.52. The number of H-pyrrole nitrogens is 1. The number of likely N-dealkylation sites (N-methyl/N-ethyl adjacent to an activating group) is 1. The fourth-order valence-corrected chi connectivity index (χ4v) is 2.52. The van der Waals surface area contributed by atoms with E-state index in [1.165, 1.54) is 51.0 Å². The van der Waals surface area contributed by atoms with Gasteiger partial charge in [0.05, 0.1) is 0 Å². The van der Waals surface area contributed by atoms with Gasteiger partial charge >= 0.3 is 0 Å². The minimum atomic E-state index is 0.950. The van der Waals surface area contributed by atoms with E-state index in [1.807, 2.05) is 6.20 Å². The number of nitrogens with zero attached hydrogens (tertiary/aromatic N) is 1. The van der Waals surface area contributed by atoms with Crippen LogP contribution in [0.4, 0.5) is 0 Å². The lowest BCUT2D eigenvalue weighted by Crippen LogP contribution is -2.30.